The zero-order valence-electron chi connectivity index (χ0n) is 18.1. The molecular formula is C23H30N4O3. The first-order valence-electron chi connectivity index (χ1n) is 10.4. The quantitative estimate of drug-likeness (QED) is 0.760. The molecule has 2 aromatic rings. The molecule has 0 radical (unpaired) electrons. The molecule has 0 spiro atoms. The van der Waals surface area contributed by atoms with Crippen molar-refractivity contribution in [3.63, 3.8) is 0 Å². The van der Waals surface area contributed by atoms with Crippen molar-refractivity contribution in [2.75, 3.05) is 38.7 Å². The molecule has 7 nitrogen and oxygen atoms in total. The Morgan fingerprint density at radius 1 is 1.23 bits per heavy atom. The van der Waals surface area contributed by atoms with E-state index in [1.165, 1.54) is 11.8 Å². The van der Waals surface area contributed by atoms with Crippen LogP contribution in [0.25, 0.3) is 11.3 Å². The first-order valence-corrected chi connectivity index (χ1v) is 10.4. The summed E-state index contributed by atoms with van der Waals surface area (Å²) in [6.07, 6.45) is 2.24. The van der Waals surface area contributed by atoms with E-state index in [2.05, 4.69) is 22.1 Å². The van der Waals surface area contributed by atoms with Crippen LogP contribution in [0.2, 0.25) is 0 Å². The molecule has 1 fully saturated rings. The van der Waals surface area contributed by atoms with Gasteiger partial charge >= 0.3 is 0 Å². The van der Waals surface area contributed by atoms with Gasteiger partial charge in [-0.25, -0.2) is 4.98 Å². The number of anilines is 1. The predicted octanol–water partition coefficient (Wildman–Crippen LogP) is 2.95. The standard InChI is InChI=1S/C23H30N4O3/c1-5-27-14-6-7-18(27)15-24-23(29)20-12-13-21(25-22(20)26(3)16(2)28)17-8-10-19(30-4)11-9-17/h8-13,18H,5-7,14-15H2,1-4H3,(H,24,29). The third-order valence-electron chi connectivity index (χ3n) is 5.70. The van der Waals surface area contributed by atoms with Crippen LogP contribution in [-0.4, -0.2) is 61.5 Å². The number of nitrogens with one attached hydrogen (secondary N) is 1. The van der Waals surface area contributed by atoms with Gasteiger partial charge in [0.15, 0.2) is 0 Å². The summed E-state index contributed by atoms with van der Waals surface area (Å²) in [5.74, 6) is 0.710. The molecule has 1 saturated heterocycles. The van der Waals surface area contributed by atoms with Gasteiger partial charge in [0.25, 0.3) is 5.91 Å². The Labute approximate surface area is 178 Å². The van der Waals surface area contributed by atoms with Crippen molar-refractivity contribution in [1.29, 1.82) is 0 Å². The second-order valence-corrected chi connectivity index (χ2v) is 7.51. The van der Waals surface area contributed by atoms with E-state index in [9.17, 15) is 9.59 Å². The molecule has 3 rings (SSSR count). The van der Waals surface area contributed by atoms with Crippen molar-refractivity contribution in [2.45, 2.75) is 32.7 Å². The number of methoxy groups -OCH3 is 1. The smallest absolute Gasteiger partial charge is 0.255 e. The van der Waals surface area contributed by atoms with Crippen LogP contribution in [0.15, 0.2) is 36.4 Å². The lowest BCUT2D eigenvalue weighted by atomic mass is 10.1. The van der Waals surface area contributed by atoms with E-state index in [0.717, 1.165) is 37.2 Å². The summed E-state index contributed by atoms with van der Waals surface area (Å²) >= 11 is 0. The Kier molecular flexibility index (Phi) is 7.05. The first kappa shape index (κ1) is 21.8. The number of benzene rings is 1. The van der Waals surface area contributed by atoms with E-state index >= 15 is 0 Å². The molecule has 1 aliphatic rings. The molecule has 1 unspecified atom stereocenters. The molecule has 7 heteroatoms. The van der Waals surface area contributed by atoms with E-state index in [4.69, 9.17) is 4.74 Å². The second kappa shape index (κ2) is 9.71. The lowest BCUT2D eigenvalue weighted by Gasteiger charge is -2.23. The van der Waals surface area contributed by atoms with Crippen molar-refractivity contribution in [3.05, 3.63) is 42.0 Å². The molecule has 1 aromatic carbocycles. The van der Waals surface area contributed by atoms with Crippen LogP contribution in [0.4, 0.5) is 5.82 Å². The lowest BCUT2D eigenvalue weighted by Crippen LogP contribution is -2.40. The van der Waals surface area contributed by atoms with Crippen molar-refractivity contribution < 1.29 is 14.3 Å². The van der Waals surface area contributed by atoms with Crippen LogP contribution in [-0.2, 0) is 4.79 Å². The van der Waals surface area contributed by atoms with E-state index in [0.29, 0.717) is 29.7 Å². The Balaban J connectivity index is 1.85. The number of hydrogen-bond acceptors (Lipinski definition) is 5. The molecule has 2 amide bonds. The number of carbonyl (C=O) groups excluding carboxylic acids is 2. The summed E-state index contributed by atoms with van der Waals surface area (Å²) in [7, 11) is 3.25. The van der Waals surface area contributed by atoms with E-state index in [1.54, 1.807) is 20.2 Å². The average molecular weight is 411 g/mol. The topological polar surface area (TPSA) is 74.8 Å². The van der Waals surface area contributed by atoms with Crippen molar-refractivity contribution >= 4 is 17.6 Å². The maximum absolute atomic E-state index is 13.0. The van der Waals surface area contributed by atoms with Gasteiger partial charge in [0.2, 0.25) is 5.91 Å². The minimum Gasteiger partial charge on any atom is -0.497 e. The highest BCUT2D eigenvalue weighted by Crippen LogP contribution is 2.26. The van der Waals surface area contributed by atoms with Gasteiger partial charge in [-0.2, -0.15) is 0 Å². The molecule has 1 atom stereocenters. The number of aromatic nitrogens is 1. The minimum absolute atomic E-state index is 0.184. The summed E-state index contributed by atoms with van der Waals surface area (Å²) < 4.78 is 5.20. The Morgan fingerprint density at radius 2 is 1.97 bits per heavy atom. The number of amides is 2. The van der Waals surface area contributed by atoms with Gasteiger partial charge in [0, 0.05) is 32.1 Å². The summed E-state index contributed by atoms with van der Waals surface area (Å²) in [6.45, 7) is 6.25. The number of pyridine rings is 1. The Bertz CT molecular complexity index is 898. The Hall–Kier alpha value is -2.93. The molecule has 0 saturated carbocycles. The number of ether oxygens (including phenoxy) is 1. The predicted molar refractivity (Wildman–Crippen MR) is 118 cm³/mol. The summed E-state index contributed by atoms with van der Waals surface area (Å²) in [5, 5.41) is 3.04. The van der Waals surface area contributed by atoms with Crippen LogP contribution < -0.4 is 15.0 Å². The van der Waals surface area contributed by atoms with Crippen LogP contribution in [0.5, 0.6) is 5.75 Å². The van der Waals surface area contributed by atoms with Crippen LogP contribution >= 0.6 is 0 Å². The molecule has 0 aliphatic carbocycles. The van der Waals surface area contributed by atoms with Gasteiger partial charge in [-0.3, -0.25) is 19.4 Å². The van der Waals surface area contributed by atoms with Crippen molar-refractivity contribution in [1.82, 2.24) is 15.2 Å². The molecule has 2 heterocycles. The molecule has 0 bridgehead atoms. The summed E-state index contributed by atoms with van der Waals surface area (Å²) in [6, 6.07) is 11.4. The number of nitrogens with zero attached hydrogens (tertiary/aromatic N) is 3. The Morgan fingerprint density at radius 3 is 2.60 bits per heavy atom. The fourth-order valence-corrected chi connectivity index (χ4v) is 3.80. The molecular weight excluding hydrogens is 380 g/mol. The second-order valence-electron chi connectivity index (χ2n) is 7.51. The number of carbonyl (C=O) groups is 2. The average Bonchev–Trinajstić information content (AvgIpc) is 3.24. The summed E-state index contributed by atoms with van der Waals surface area (Å²) in [5.41, 5.74) is 1.96. The van der Waals surface area contributed by atoms with Crippen LogP contribution in [0, 0.1) is 0 Å². The van der Waals surface area contributed by atoms with Crippen LogP contribution in [0.1, 0.15) is 37.0 Å². The number of rotatable bonds is 7. The highest BCUT2D eigenvalue weighted by atomic mass is 16.5. The number of likely N-dealkylation sites (tertiary alicyclic amines) is 1. The third-order valence-corrected chi connectivity index (χ3v) is 5.70. The fraction of sp³-hybridized carbons (Fsp3) is 0.435. The number of likely N-dealkylation sites (N-methyl/N-ethyl adjacent to an activating group) is 1. The molecule has 1 aliphatic heterocycles. The molecule has 30 heavy (non-hydrogen) atoms. The maximum Gasteiger partial charge on any atom is 0.255 e. The third kappa shape index (κ3) is 4.79. The van der Waals surface area contributed by atoms with Crippen LogP contribution in [0.3, 0.4) is 0 Å². The fourth-order valence-electron chi connectivity index (χ4n) is 3.80. The van der Waals surface area contributed by atoms with Crippen molar-refractivity contribution in [2.24, 2.45) is 0 Å². The molecule has 160 valence electrons. The molecule has 1 aromatic heterocycles. The lowest BCUT2D eigenvalue weighted by molar-refractivity contribution is -0.116. The van der Waals surface area contributed by atoms with Gasteiger partial charge < -0.3 is 10.1 Å². The van der Waals surface area contributed by atoms with Gasteiger partial charge in [-0.1, -0.05) is 6.92 Å². The van der Waals surface area contributed by atoms with Gasteiger partial charge in [-0.15, -0.1) is 0 Å². The largest absolute Gasteiger partial charge is 0.497 e. The molecule has 1 N–H and O–H groups in total. The van der Waals surface area contributed by atoms with Gasteiger partial charge in [0.1, 0.15) is 11.6 Å². The van der Waals surface area contributed by atoms with Gasteiger partial charge in [0.05, 0.1) is 18.4 Å². The zero-order chi connectivity index (χ0) is 21.7. The summed E-state index contributed by atoms with van der Waals surface area (Å²) in [4.78, 5) is 33.4. The zero-order valence-corrected chi connectivity index (χ0v) is 18.1. The first-order chi connectivity index (χ1) is 14.4. The normalized spacial score (nSPS) is 16.3. The maximum atomic E-state index is 13.0. The minimum atomic E-state index is -0.213. The highest BCUT2D eigenvalue weighted by molar-refractivity contribution is 6.03. The van der Waals surface area contributed by atoms with Gasteiger partial charge in [-0.05, 0) is 62.3 Å². The monoisotopic (exact) mass is 410 g/mol. The van der Waals surface area contributed by atoms with E-state index in [1.807, 2.05) is 30.3 Å². The highest BCUT2D eigenvalue weighted by Gasteiger charge is 2.25. The SMILES string of the molecule is CCN1CCCC1CNC(=O)c1ccc(-c2ccc(OC)cc2)nc1N(C)C(C)=O. The van der Waals surface area contributed by atoms with Crippen molar-refractivity contribution in [3.8, 4) is 17.0 Å². The van der Waals surface area contributed by atoms with E-state index < -0.39 is 0 Å². The van der Waals surface area contributed by atoms with E-state index in [-0.39, 0.29) is 11.8 Å². The number of hydrogen-bond donors (Lipinski definition) is 1.